The Labute approximate surface area is 213 Å². The molecule has 0 bridgehead atoms. The number of ether oxygens (including phenoxy) is 1. The number of hydrogen-bond donors (Lipinski definition) is 1. The molecule has 0 fully saturated rings. The summed E-state index contributed by atoms with van der Waals surface area (Å²) in [6, 6.07) is 35.7. The summed E-state index contributed by atoms with van der Waals surface area (Å²) in [5.41, 5.74) is 3.59. The first-order chi connectivity index (χ1) is 17.7. The van der Waals surface area contributed by atoms with Crippen molar-refractivity contribution in [2.45, 2.75) is 19.8 Å². The highest BCUT2D eigenvalue weighted by molar-refractivity contribution is 6.09. The van der Waals surface area contributed by atoms with Crippen LogP contribution in [0.15, 0.2) is 103 Å². The molecule has 182 valence electrons. The molecular weight excluding hydrogens is 442 g/mol. The van der Waals surface area contributed by atoms with Crippen molar-refractivity contribution in [1.29, 1.82) is 0 Å². The van der Waals surface area contributed by atoms with Crippen LogP contribution >= 0.6 is 0 Å². The maximum atomic E-state index is 9.97. The normalized spacial score (nSPS) is 12.3. The van der Waals surface area contributed by atoms with E-state index in [0.29, 0.717) is 6.61 Å². The second-order valence-electron chi connectivity index (χ2n) is 9.20. The van der Waals surface area contributed by atoms with Crippen LogP contribution in [0.1, 0.15) is 36.5 Å². The van der Waals surface area contributed by atoms with E-state index in [1.165, 1.54) is 32.7 Å². The first-order valence-corrected chi connectivity index (χ1v) is 12.8. The standard InChI is InChI=1S/C33H33NO2/c1-3-34(4-2)21-22-36-28-19-15-25(16-20-28)33(24-13-17-27(35)18-14-24)32-23-26-9-5-6-10-29(26)30-11-7-8-12-31(30)32/h5-20,23,33,35H,3-4,21-22H2,1-2H3. The van der Waals surface area contributed by atoms with Gasteiger partial charge in [-0.2, -0.15) is 0 Å². The van der Waals surface area contributed by atoms with Crippen LogP contribution in [-0.4, -0.2) is 36.2 Å². The van der Waals surface area contributed by atoms with E-state index in [1.54, 1.807) is 12.1 Å². The third-order valence-corrected chi connectivity index (χ3v) is 7.12. The lowest BCUT2D eigenvalue weighted by Gasteiger charge is -2.22. The second-order valence-corrected chi connectivity index (χ2v) is 9.20. The summed E-state index contributed by atoms with van der Waals surface area (Å²) < 4.78 is 6.06. The predicted octanol–water partition coefficient (Wildman–Crippen LogP) is 7.60. The summed E-state index contributed by atoms with van der Waals surface area (Å²) in [7, 11) is 0. The van der Waals surface area contributed by atoms with Crippen LogP contribution in [0.2, 0.25) is 0 Å². The Bertz CT molecular complexity index is 1440. The first kappa shape index (κ1) is 23.9. The van der Waals surface area contributed by atoms with Gasteiger partial charge in [0.25, 0.3) is 0 Å². The highest BCUT2D eigenvalue weighted by Crippen LogP contribution is 2.40. The number of benzene rings is 5. The van der Waals surface area contributed by atoms with Gasteiger partial charge in [-0.25, -0.2) is 0 Å². The highest BCUT2D eigenvalue weighted by Gasteiger charge is 2.21. The molecule has 0 aliphatic carbocycles. The Kier molecular flexibility index (Phi) is 7.20. The quantitative estimate of drug-likeness (QED) is 0.176. The van der Waals surface area contributed by atoms with Crippen LogP contribution in [0, 0.1) is 0 Å². The Morgan fingerprint density at radius 1 is 0.694 bits per heavy atom. The molecule has 5 aromatic rings. The van der Waals surface area contributed by atoms with E-state index < -0.39 is 0 Å². The van der Waals surface area contributed by atoms with Gasteiger partial charge in [0.2, 0.25) is 0 Å². The maximum absolute atomic E-state index is 9.97. The van der Waals surface area contributed by atoms with Crippen LogP contribution in [-0.2, 0) is 0 Å². The van der Waals surface area contributed by atoms with Crippen molar-refractivity contribution >= 4 is 21.5 Å². The lowest BCUT2D eigenvalue weighted by molar-refractivity contribution is 0.223. The number of phenols is 1. The van der Waals surface area contributed by atoms with Crippen molar-refractivity contribution in [1.82, 2.24) is 4.90 Å². The van der Waals surface area contributed by atoms with Crippen LogP contribution < -0.4 is 4.74 Å². The van der Waals surface area contributed by atoms with Gasteiger partial charge in [-0.05, 0) is 81.7 Å². The Hall–Kier alpha value is -3.82. The van der Waals surface area contributed by atoms with Gasteiger partial charge in [0.05, 0.1) is 0 Å². The lowest BCUT2D eigenvalue weighted by Crippen LogP contribution is -2.27. The van der Waals surface area contributed by atoms with Crippen molar-refractivity contribution in [2.24, 2.45) is 0 Å². The van der Waals surface area contributed by atoms with Gasteiger partial charge < -0.3 is 14.7 Å². The zero-order valence-corrected chi connectivity index (χ0v) is 21.0. The van der Waals surface area contributed by atoms with Crippen molar-refractivity contribution in [3.05, 3.63) is 120 Å². The number of rotatable bonds is 9. The number of phenolic OH excluding ortho intramolecular Hbond substituents is 1. The van der Waals surface area contributed by atoms with E-state index in [2.05, 4.69) is 97.6 Å². The zero-order valence-electron chi connectivity index (χ0n) is 21.0. The predicted molar refractivity (Wildman–Crippen MR) is 150 cm³/mol. The molecule has 0 radical (unpaired) electrons. The van der Waals surface area contributed by atoms with Crippen molar-refractivity contribution in [3.63, 3.8) is 0 Å². The van der Waals surface area contributed by atoms with Gasteiger partial charge >= 0.3 is 0 Å². The Morgan fingerprint density at radius 3 is 1.94 bits per heavy atom. The third kappa shape index (κ3) is 4.93. The molecule has 0 spiro atoms. The molecule has 0 aliphatic heterocycles. The SMILES string of the molecule is CCN(CC)CCOc1ccc(C(c2ccc(O)cc2)c2cc3ccccc3c3ccccc23)cc1. The first-order valence-electron chi connectivity index (χ1n) is 12.8. The Balaban J connectivity index is 1.57. The van der Waals surface area contributed by atoms with Gasteiger partial charge in [-0.1, -0.05) is 86.6 Å². The van der Waals surface area contributed by atoms with Crippen LogP contribution in [0.25, 0.3) is 21.5 Å². The fourth-order valence-electron chi connectivity index (χ4n) is 5.13. The average molecular weight is 476 g/mol. The number of nitrogens with zero attached hydrogens (tertiary/aromatic N) is 1. The maximum Gasteiger partial charge on any atom is 0.119 e. The summed E-state index contributed by atoms with van der Waals surface area (Å²) in [5.74, 6) is 1.18. The molecule has 1 N–H and O–H groups in total. The van der Waals surface area contributed by atoms with E-state index in [1.807, 2.05) is 12.1 Å². The van der Waals surface area contributed by atoms with Crippen molar-refractivity contribution in [3.8, 4) is 11.5 Å². The molecule has 5 aromatic carbocycles. The van der Waals surface area contributed by atoms with E-state index in [4.69, 9.17) is 4.74 Å². The fraction of sp³-hybridized carbons (Fsp3) is 0.212. The van der Waals surface area contributed by atoms with Crippen LogP contribution in [0.4, 0.5) is 0 Å². The molecule has 0 amide bonds. The number of likely N-dealkylation sites (N-methyl/N-ethyl adjacent to an activating group) is 1. The minimum Gasteiger partial charge on any atom is -0.508 e. The minimum absolute atomic E-state index is 0.0184. The molecule has 36 heavy (non-hydrogen) atoms. The van der Waals surface area contributed by atoms with E-state index in [0.717, 1.165) is 30.9 Å². The van der Waals surface area contributed by atoms with Crippen molar-refractivity contribution in [2.75, 3.05) is 26.2 Å². The summed E-state index contributed by atoms with van der Waals surface area (Å²) in [4.78, 5) is 2.36. The minimum atomic E-state index is 0.0184. The van der Waals surface area contributed by atoms with Gasteiger partial charge in [0, 0.05) is 12.5 Å². The summed E-state index contributed by atoms with van der Waals surface area (Å²) in [6.07, 6.45) is 0. The molecule has 0 saturated heterocycles. The van der Waals surface area contributed by atoms with Crippen LogP contribution in [0.3, 0.4) is 0 Å². The monoisotopic (exact) mass is 475 g/mol. The van der Waals surface area contributed by atoms with Gasteiger partial charge in [-0.15, -0.1) is 0 Å². The lowest BCUT2D eigenvalue weighted by atomic mass is 9.81. The van der Waals surface area contributed by atoms with Gasteiger partial charge in [0.15, 0.2) is 0 Å². The summed E-state index contributed by atoms with van der Waals surface area (Å²) in [6.45, 7) is 8.03. The largest absolute Gasteiger partial charge is 0.508 e. The van der Waals surface area contributed by atoms with E-state index >= 15 is 0 Å². The molecule has 0 heterocycles. The number of hydrogen-bond acceptors (Lipinski definition) is 3. The summed E-state index contributed by atoms with van der Waals surface area (Å²) in [5, 5.41) is 15.0. The molecule has 3 nitrogen and oxygen atoms in total. The van der Waals surface area contributed by atoms with E-state index in [9.17, 15) is 5.11 Å². The zero-order chi connectivity index (χ0) is 24.9. The smallest absolute Gasteiger partial charge is 0.119 e. The Morgan fingerprint density at radius 2 is 1.28 bits per heavy atom. The molecule has 5 rings (SSSR count). The highest BCUT2D eigenvalue weighted by atomic mass is 16.5. The average Bonchev–Trinajstić information content (AvgIpc) is 2.93. The van der Waals surface area contributed by atoms with Crippen molar-refractivity contribution < 1.29 is 9.84 Å². The fourth-order valence-corrected chi connectivity index (χ4v) is 5.13. The number of fused-ring (bicyclic) bond motifs is 3. The molecule has 0 aliphatic rings. The molecule has 3 heteroatoms. The number of aromatic hydroxyl groups is 1. The molecule has 0 saturated carbocycles. The van der Waals surface area contributed by atoms with Gasteiger partial charge in [0.1, 0.15) is 18.1 Å². The molecule has 1 unspecified atom stereocenters. The van der Waals surface area contributed by atoms with Crippen LogP contribution in [0.5, 0.6) is 11.5 Å². The van der Waals surface area contributed by atoms with Gasteiger partial charge in [-0.3, -0.25) is 0 Å². The summed E-state index contributed by atoms with van der Waals surface area (Å²) >= 11 is 0. The topological polar surface area (TPSA) is 32.7 Å². The third-order valence-electron chi connectivity index (χ3n) is 7.12. The molecular formula is C33H33NO2. The molecule has 1 atom stereocenters. The molecule has 0 aromatic heterocycles. The second kappa shape index (κ2) is 10.8. The van der Waals surface area contributed by atoms with E-state index in [-0.39, 0.29) is 11.7 Å².